The minimum atomic E-state index is -0.924. The summed E-state index contributed by atoms with van der Waals surface area (Å²) in [7, 11) is 1.55. The van der Waals surface area contributed by atoms with Gasteiger partial charge in [-0.3, -0.25) is 4.79 Å². The summed E-state index contributed by atoms with van der Waals surface area (Å²) in [6.07, 6.45) is -0.0671. The van der Waals surface area contributed by atoms with Crippen LogP contribution in [0.5, 0.6) is 0 Å². The van der Waals surface area contributed by atoms with Crippen LogP contribution in [0.4, 0.5) is 10.5 Å². The Balaban J connectivity index is 2.51. The number of urea groups is 1. The van der Waals surface area contributed by atoms with Crippen LogP contribution in [0.2, 0.25) is 0 Å². The van der Waals surface area contributed by atoms with E-state index in [-0.39, 0.29) is 19.0 Å². The number of carbonyl (C=O) groups is 2. The fraction of sp³-hybridized carbons (Fsp3) is 0.273. The first-order chi connectivity index (χ1) is 7.99. The highest BCUT2D eigenvalue weighted by Crippen LogP contribution is 2.15. The summed E-state index contributed by atoms with van der Waals surface area (Å²) in [5.74, 6) is -0.924. The van der Waals surface area contributed by atoms with Gasteiger partial charge in [0, 0.05) is 23.8 Å². The van der Waals surface area contributed by atoms with Crippen molar-refractivity contribution in [2.24, 2.45) is 0 Å². The molecule has 0 aromatic heterocycles. The van der Waals surface area contributed by atoms with E-state index < -0.39 is 5.97 Å². The number of benzene rings is 1. The SMILES string of the molecule is CN(CCC(=O)O)C(=O)Nc1cccc(Br)c1. The molecule has 1 aromatic carbocycles. The van der Waals surface area contributed by atoms with E-state index in [1.165, 1.54) is 4.90 Å². The van der Waals surface area contributed by atoms with E-state index in [9.17, 15) is 9.59 Å². The number of carboxylic acid groups (broad SMARTS) is 1. The third-order valence-electron chi connectivity index (χ3n) is 2.08. The molecule has 0 aliphatic rings. The van der Waals surface area contributed by atoms with Crippen LogP contribution in [0.15, 0.2) is 28.7 Å². The summed E-state index contributed by atoms with van der Waals surface area (Å²) < 4.78 is 0.864. The molecule has 0 aliphatic carbocycles. The van der Waals surface area contributed by atoms with Crippen LogP contribution in [-0.2, 0) is 4.79 Å². The zero-order valence-electron chi connectivity index (χ0n) is 9.31. The Morgan fingerprint density at radius 3 is 2.76 bits per heavy atom. The molecule has 0 saturated carbocycles. The minimum absolute atomic E-state index is 0.0671. The first-order valence-electron chi connectivity index (χ1n) is 4.98. The van der Waals surface area contributed by atoms with Crippen LogP contribution < -0.4 is 5.32 Å². The van der Waals surface area contributed by atoms with Crippen molar-refractivity contribution in [3.63, 3.8) is 0 Å². The molecular formula is C11H13BrN2O3. The lowest BCUT2D eigenvalue weighted by Crippen LogP contribution is -2.33. The van der Waals surface area contributed by atoms with Crippen molar-refractivity contribution in [1.82, 2.24) is 4.90 Å². The third-order valence-corrected chi connectivity index (χ3v) is 2.58. The number of anilines is 1. The number of nitrogens with one attached hydrogen (secondary N) is 1. The highest BCUT2D eigenvalue weighted by Gasteiger charge is 2.10. The van der Waals surface area contributed by atoms with Gasteiger partial charge in [0.1, 0.15) is 0 Å². The summed E-state index contributed by atoms with van der Waals surface area (Å²) in [5, 5.41) is 11.2. The molecule has 0 fully saturated rings. The molecule has 0 unspecified atom stereocenters. The Morgan fingerprint density at radius 2 is 2.18 bits per heavy atom. The molecule has 17 heavy (non-hydrogen) atoms. The monoisotopic (exact) mass is 300 g/mol. The number of halogens is 1. The number of hydrogen-bond acceptors (Lipinski definition) is 2. The molecule has 2 amide bonds. The highest BCUT2D eigenvalue weighted by atomic mass is 79.9. The van der Waals surface area contributed by atoms with E-state index in [1.807, 2.05) is 6.07 Å². The quantitative estimate of drug-likeness (QED) is 0.897. The van der Waals surface area contributed by atoms with Gasteiger partial charge in [0.15, 0.2) is 0 Å². The second kappa shape index (κ2) is 6.24. The lowest BCUT2D eigenvalue weighted by atomic mass is 10.3. The summed E-state index contributed by atoms with van der Waals surface area (Å²) in [4.78, 5) is 23.3. The van der Waals surface area contributed by atoms with E-state index in [0.717, 1.165) is 4.47 Å². The van der Waals surface area contributed by atoms with Gasteiger partial charge < -0.3 is 15.3 Å². The maximum atomic E-state index is 11.6. The Morgan fingerprint density at radius 1 is 1.47 bits per heavy atom. The summed E-state index contributed by atoms with van der Waals surface area (Å²) >= 11 is 3.30. The maximum Gasteiger partial charge on any atom is 0.321 e. The predicted molar refractivity (Wildman–Crippen MR) is 68.0 cm³/mol. The van der Waals surface area contributed by atoms with Crippen molar-refractivity contribution < 1.29 is 14.7 Å². The van der Waals surface area contributed by atoms with Gasteiger partial charge in [-0.1, -0.05) is 22.0 Å². The van der Waals surface area contributed by atoms with Crippen LogP contribution in [0, 0.1) is 0 Å². The molecule has 2 N–H and O–H groups in total. The largest absolute Gasteiger partial charge is 0.481 e. The third kappa shape index (κ3) is 4.86. The van der Waals surface area contributed by atoms with Crippen molar-refractivity contribution in [1.29, 1.82) is 0 Å². The Labute approximate surface area is 108 Å². The molecular weight excluding hydrogens is 288 g/mol. The van der Waals surface area contributed by atoms with E-state index in [2.05, 4.69) is 21.2 Å². The molecule has 1 aromatic rings. The number of nitrogens with zero attached hydrogens (tertiary/aromatic N) is 1. The fourth-order valence-electron chi connectivity index (χ4n) is 1.15. The van der Waals surface area contributed by atoms with Gasteiger partial charge in [-0.05, 0) is 18.2 Å². The topological polar surface area (TPSA) is 69.6 Å². The average molecular weight is 301 g/mol. The van der Waals surface area contributed by atoms with Crippen molar-refractivity contribution in [3.8, 4) is 0 Å². The van der Waals surface area contributed by atoms with E-state index in [1.54, 1.807) is 25.2 Å². The van der Waals surface area contributed by atoms with Gasteiger partial charge >= 0.3 is 12.0 Å². The lowest BCUT2D eigenvalue weighted by Gasteiger charge is -2.16. The number of carboxylic acids is 1. The molecule has 5 nitrogen and oxygen atoms in total. The van der Waals surface area contributed by atoms with Crippen molar-refractivity contribution in [3.05, 3.63) is 28.7 Å². The van der Waals surface area contributed by atoms with Gasteiger partial charge in [0.05, 0.1) is 6.42 Å². The summed E-state index contributed by atoms with van der Waals surface area (Å²) in [5.41, 5.74) is 0.659. The molecule has 92 valence electrons. The van der Waals surface area contributed by atoms with E-state index in [4.69, 9.17) is 5.11 Å². The fourth-order valence-corrected chi connectivity index (χ4v) is 1.55. The van der Waals surface area contributed by atoms with Crippen molar-refractivity contribution >= 4 is 33.6 Å². The molecule has 0 saturated heterocycles. The van der Waals surface area contributed by atoms with Crippen LogP contribution in [-0.4, -0.2) is 35.6 Å². The number of amides is 2. The molecule has 0 spiro atoms. The molecule has 0 aliphatic heterocycles. The Kier molecular flexibility index (Phi) is 4.96. The van der Waals surface area contributed by atoms with Gasteiger partial charge in [-0.15, -0.1) is 0 Å². The first-order valence-corrected chi connectivity index (χ1v) is 5.78. The zero-order chi connectivity index (χ0) is 12.8. The average Bonchev–Trinajstić information content (AvgIpc) is 2.25. The highest BCUT2D eigenvalue weighted by molar-refractivity contribution is 9.10. The molecule has 0 atom stereocenters. The number of aliphatic carboxylic acids is 1. The van der Waals surface area contributed by atoms with Gasteiger partial charge in [0.25, 0.3) is 0 Å². The Hall–Kier alpha value is -1.56. The Bertz CT molecular complexity index is 423. The van der Waals surface area contributed by atoms with E-state index >= 15 is 0 Å². The number of rotatable bonds is 4. The smallest absolute Gasteiger partial charge is 0.321 e. The molecule has 6 heteroatoms. The van der Waals surface area contributed by atoms with Gasteiger partial charge in [-0.2, -0.15) is 0 Å². The second-order valence-electron chi connectivity index (χ2n) is 3.51. The van der Waals surface area contributed by atoms with Crippen molar-refractivity contribution in [2.75, 3.05) is 18.9 Å². The van der Waals surface area contributed by atoms with Crippen LogP contribution >= 0.6 is 15.9 Å². The normalized spacial score (nSPS) is 9.76. The molecule has 0 radical (unpaired) electrons. The summed E-state index contributed by atoms with van der Waals surface area (Å²) in [6.45, 7) is 0.176. The zero-order valence-corrected chi connectivity index (χ0v) is 10.9. The lowest BCUT2D eigenvalue weighted by molar-refractivity contribution is -0.137. The van der Waals surface area contributed by atoms with Gasteiger partial charge in [0.2, 0.25) is 0 Å². The molecule has 0 heterocycles. The van der Waals surface area contributed by atoms with Crippen molar-refractivity contribution in [2.45, 2.75) is 6.42 Å². The number of carbonyl (C=O) groups excluding carboxylic acids is 1. The number of hydrogen-bond donors (Lipinski definition) is 2. The molecule has 0 bridgehead atoms. The van der Waals surface area contributed by atoms with Crippen LogP contribution in [0.25, 0.3) is 0 Å². The van der Waals surface area contributed by atoms with Crippen LogP contribution in [0.1, 0.15) is 6.42 Å². The first kappa shape index (κ1) is 13.5. The maximum absolute atomic E-state index is 11.6. The minimum Gasteiger partial charge on any atom is -0.481 e. The second-order valence-corrected chi connectivity index (χ2v) is 4.42. The van der Waals surface area contributed by atoms with Crippen LogP contribution in [0.3, 0.4) is 0 Å². The van der Waals surface area contributed by atoms with Gasteiger partial charge in [-0.25, -0.2) is 4.79 Å². The predicted octanol–water partition coefficient (Wildman–Crippen LogP) is 2.39. The summed E-state index contributed by atoms with van der Waals surface area (Å²) in [6, 6.07) is 6.85. The van der Waals surface area contributed by atoms with E-state index in [0.29, 0.717) is 5.69 Å². The standard InChI is InChI=1S/C11H13BrN2O3/c1-14(6-5-10(15)16)11(17)13-9-4-2-3-8(12)7-9/h2-4,7H,5-6H2,1H3,(H,13,17)(H,15,16). The molecule has 1 rings (SSSR count).